The molecule has 0 fully saturated rings. The minimum Gasteiger partial charge on any atom is -0.0888 e. The van der Waals surface area contributed by atoms with Gasteiger partial charge in [-0.2, -0.15) is 0 Å². The predicted octanol–water partition coefficient (Wildman–Crippen LogP) is 4.66. The van der Waals surface area contributed by atoms with Crippen molar-refractivity contribution in [3.63, 3.8) is 0 Å². The van der Waals surface area contributed by atoms with Crippen molar-refractivity contribution in [3.8, 4) is 0 Å². The first-order valence-electron chi connectivity index (χ1n) is 3.56. The van der Waals surface area contributed by atoms with Gasteiger partial charge in [-0.05, 0) is 12.8 Å². The van der Waals surface area contributed by atoms with E-state index in [0.717, 1.165) is 0 Å². The Balaban J connectivity index is -0.0000000412. The molecule has 0 atom stereocenters. The van der Waals surface area contributed by atoms with E-state index < -0.39 is 0 Å². The summed E-state index contributed by atoms with van der Waals surface area (Å²) in [5.41, 5.74) is 0. The second-order valence-electron chi connectivity index (χ2n) is 1.29. The molecule has 0 heteroatoms. The molecule has 0 nitrogen and oxygen atoms in total. The van der Waals surface area contributed by atoms with Crippen LogP contribution in [-0.2, 0) is 0 Å². The van der Waals surface area contributed by atoms with Gasteiger partial charge in [0.15, 0.2) is 0 Å². The van der Waals surface area contributed by atoms with E-state index in [-0.39, 0.29) is 14.9 Å². The molecule has 0 aromatic heterocycles. The van der Waals surface area contributed by atoms with E-state index in [4.69, 9.17) is 0 Å². The third-order valence-electron chi connectivity index (χ3n) is 0.638. The molecule has 66 valence electrons. The predicted molar refractivity (Wildman–Crippen MR) is 54.5 cm³/mol. The molecule has 0 saturated heterocycles. The molecule has 0 amide bonds. The average molecular weight is 146 g/mol. The summed E-state index contributed by atoms with van der Waals surface area (Å²) in [4.78, 5) is 0. The lowest BCUT2D eigenvalue weighted by Crippen LogP contribution is -1.51. The van der Waals surface area contributed by atoms with E-state index in [0.29, 0.717) is 0 Å². The summed E-state index contributed by atoms with van der Waals surface area (Å²) < 4.78 is 0. The molecule has 0 saturated carbocycles. The van der Waals surface area contributed by atoms with E-state index in [1.165, 1.54) is 12.8 Å². The van der Waals surface area contributed by atoms with E-state index in [2.05, 4.69) is 26.0 Å². The monoisotopic (exact) mass is 146 g/mol. The van der Waals surface area contributed by atoms with Crippen molar-refractivity contribution in [3.05, 3.63) is 12.2 Å². The summed E-state index contributed by atoms with van der Waals surface area (Å²) in [6, 6.07) is 0. The van der Waals surface area contributed by atoms with Gasteiger partial charge in [0.25, 0.3) is 0 Å². The largest absolute Gasteiger partial charge is 0.0888 e. The molecule has 0 aliphatic rings. The Morgan fingerprint density at radius 1 is 0.800 bits per heavy atom. The van der Waals surface area contributed by atoms with Crippen molar-refractivity contribution in [1.82, 2.24) is 0 Å². The number of rotatable bonds is 2. The smallest absolute Gasteiger partial charge is 0.0379 e. The molecule has 0 N–H and O–H groups in total. The topological polar surface area (TPSA) is 0 Å². The zero-order valence-corrected chi connectivity index (χ0v) is 6.57. The van der Waals surface area contributed by atoms with Crippen LogP contribution < -0.4 is 0 Å². The van der Waals surface area contributed by atoms with Crippen molar-refractivity contribution < 1.29 is 0 Å². The lowest BCUT2D eigenvalue weighted by Gasteiger charge is -1.72. The Kier molecular flexibility index (Phi) is 84.5. The molecule has 0 spiro atoms. The summed E-state index contributed by atoms with van der Waals surface area (Å²) in [6.07, 6.45) is 6.71. The highest BCUT2D eigenvalue weighted by Crippen LogP contribution is 1.81. The Hall–Kier alpha value is -0.260. The molecular weight excluding hydrogens is 120 g/mol. The van der Waals surface area contributed by atoms with Crippen LogP contribution in [0.2, 0.25) is 0 Å². The summed E-state index contributed by atoms with van der Waals surface area (Å²) in [5.74, 6) is 0. The van der Waals surface area contributed by atoms with Crippen LogP contribution >= 0.6 is 0 Å². The van der Waals surface area contributed by atoms with Gasteiger partial charge in [0.2, 0.25) is 0 Å². The molecule has 0 unspecified atom stereocenters. The van der Waals surface area contributed by atoms with Crippen molar-refractivity contribution >= 4 is 0 Å². The van der Waals surface area contributed by atoms with Gasteiger partial charge in [0.05, 0.1) is 0 Å². The fraction of sp³-hybridized carbons (Fsp3) is 0.800. The highest BCUT2D eigenvalue weighted by Gasteiger charge is 1.60. The van der Waals surface area contributed by atoms with Crippen LogP contribution in [0, 0.1) is 0 Å². The normalized spacial score (nSPS) is 6.80. The zero-order chi connectivity index (χ0) is 6.83. The molecule has 0 heterocycles. The van der Waals surface area contributed by atoms with E-state index in [1.807, 2.05) is 13.8 Å². The third kappa shape index (κ3) is 46.8. The molecule has 0 aromatic carbocycles. The molecule has 0 radical (unpaired) electrons. The lowest BCUT2D eigenvalue weighted by molar-refractivity contribution is 1.16. The minimum atomic E-state index is 0. The SMILES string of the molecule is C.C.CC.CC/C=C\CC. The minimum absolute atomic E-state index is 0. The van der Waals surface area contributed by atoms with E-state index in [9.17, 15) is 0 Å². The number of hydrogen-bond acceptors (Lipinski definition) is 0. The fourth-order valence-electron chi connectivity index (χ4n) is 0.333. The van der Waals surface area contributed by atoms with E-state index >= 15 is 0 Å². The highest BCUT2D eigenvalue weighted by atomic mass is 13.7. The fourth-order valence-corrected chi connectivity index (χ4v) is 0.333. The number of allylic oxidation sites excluding steroid dienone is 2. The Morgan fingerprint density at radius 2 is 1.00 bits per heavy atom. The lowest BCUT2D eigenvalue weighted by atomic mass is 10.4. The van der Waals surface area contributed by atoms with Crippen molar-refractivity contribution in [2.24, 2.45) is 0 Å². The second-order valence-corrected chi connectivity index (χ2v) is 1.29. The molecule has 0 aliphatic carbocycles. The van der Waals surface area contributed by atoms with Crippen molar-refractivity contribution in [1.29, 1.82) is 0 Å². The van der Waals surface area contributed by atoms with Crippen LogP contribution in [0.25, 0.3) is 0 Å². The van der Waals surface area contributed by atoms with Gasteiger partial charge < -0.3 is 0 Å². The Labute approximate surface area is 68.4 Å². The van der Waals surface area contributed by atoms with Gasteiger partial charge in [-0.3, -0.25) is 0 Å². The molecule has 0 aromatic rings. The first-order chi connectivity index (χ1) is 3.91. The third-order valence-corrected chi connectivity index (χ3v) is 0.638. The highest BCUT2D eigenvalue weighted by molar-refractivity contribution is 4.77. The van der Waals surface area contributed by atoms with Crippen molar-refractivity contribution in [2.45, 2.75) is 55.4 Å². The maximum Gasteiger partial charge on any atom is -0.0379 e. The summed E-state index contributed by atoms with van der Waals surface area (Å²) >= 11 is 0. The van der Waals surface area contributed by atoms with Crippen LogP contribution in [0.3, 0.4) is 0 Å². The second kappa shape index (κ2) is 37.4. The quantitative estimate of drug-likeness (QED) is 0.497. The van der Waals surface area contributed by atoms with Crippen LogP contribution in [0.15, 0.2) is 12.2 Å². The molecule has 10 heavy (non-hydrogen) atoms. The van der Waals surface area contributed by atoms with E-state index in [1.54, 1.807) is 0 Å². The number of hydrogen-bond donors (Lipinski definition) is 0. The zero-order valence-electron chi connectivity index (χ0n) is 6.57. The molecule has 0 aliphatic heterocycles. The van der Waals surface area contributed by atoms with Crippen molar-refractivity contribution in [2.75, 3.05) is 0 Å². The van der Waals surface area contributed by atoms with Crippen LogP contribution in [-0.4, -0.2) is 0 Å². The summed E-state index contributed by atoms with van der Waals surface area (Å²) in [6.45, 7) is 8.29. The van der Waals surface area contributed by atoms with Gasteiger partial charge in [0.1, 0.15) is 0 Å². The first kappa shape index (κ1) is 22.6. The van der Waals surface area contributed by atoms with Gasteiger partial charge in [0, 0.05) is 0 Å². The summed E-state index contributed by atoms with van der Waals surface area (Å²) in [5, 5.41) is 0. The molecular formula is C10H26. The standard InChI is InChI=1S/C6H12.C2H6.2CH4/c1-3-5-6-4-2;1-2;;/h5-6H,3-4H2,1-2H3;1-2H3;2*1H4/b6-5-;;;. The van der Waals surface area contributed by atoms with Crippen LogP contribution in [0.4, 0.5) is 0 Å². The maximum absolute atomic E-state index is 2.18. The van der Waals surface area contributed by atoms with Crippen LogP contribution in [0.5, 0.6) is 0 Å². The molecule has 0 rings (SSSR count). The average Bonchev–Trinajstić information content (AvgIpc) is 1.88. The molecule has 0 bridgehead atoms. The van der Waals surface area contributed by atoms with Gasteiger partial charge in [-0.25, -0.2) is 0 Å². The van der Waals surface area contributed by atoms with Gasteiger partial charge in [-0.1, -0.05) is 54.7 Å². The first-order valence-corrected chi connectivity index (χ1v) is 3.56. The summed E-state index contributed by atoms with van der Waals surface area (Å²) in [7, 11) is 0. The van der Waals surface area contributed by atoms with Gasteiger partial charge >= 0.3 is 0 Å². The van der Waals surface area contributed by atoms with Crippen LogP contribution in [0.1, 0.15) is 55.4 Å². The maximum atomic E-state index is 2.18. The van der Waals surface area contributed by atoms with Gasteiger partial charge in [-0.15, -0.1) is 0 Å². The Bertz CT molecular complexity index is 29.3. The Morgan fingerprint density at radius 3 is 1.10 bits per heavy atom.